The summed E-state index contributed by atoms with van der Waals surface area (Å²) < 4.78 is 38.8. The molecule has 49 heavy (non-hydrogen) atoms. The average molecular weight is 707 g/mol. The lowest BCUT2D eigenvalue weighted by Gasteiger charge is -2.32. The molecule has 0 spiro atoms. The highest BCUT2D eigenvalue weighted by molar-refractivity contribution is 7.92. The van der Waals surface area contributed by atoms with Crippen LogP contribution in [-0.2, 0) is 35.4 Å². The number of oxazole rings is 1. The Hall–Kier alpha value is -3.66. The summed E-state index contributed by atoms with van der Waals surface area (Å²) in [5.41, 5.74) is 0.437. The zero-order chi connectivity index (χ0) is 36.3. The van der Waals surface area contributed by atoms with Crippen molar-refractivity contribution in [3.8, 4) is 0 Å². The van der Waals surface area contributed by atoms with Gasteiger partial charge in [0.15, 0.2) is 15.5 Å². The number of Topliss-reactive ketones (excluding diaryl/α,β-unsaturated/α-hetero) is 1. The van der Waals surface area contributed by atoms with Crippen LogP contribution in [0.3, 0.4) is 0 Å². The van der Waals surface area contributed by atoms with Gasteiger partial charge in [-0.05, 0) is 38.4 Å². The molecule has 1 fully saturated rings. The Morgan fingerprint density at radius 2 is 1.86 bits per heavy atom. The number of amides is 2. The van der Waals surface area contributed by atoms with Crippen LogP contribution in [0.25, 0.3) is 0 Å². The van der Waals surface area contributed by atoms with Crippen molar-refractivity contribution in [1.82, 2.24) is 20.1 Å². The average Bonchev–Trinajstić information content (AvgIpc) is 3.70. The van der Waals surface area contributed by atoms with E-state index in [1.54, 1.807) is 32.9 Å². The van der Waals surface area contributed by atoms with Crippen molar-refractivity contribution in [2.24, 2.45) is 11.8 Å². The first-order chi connectivity index (χ1) is 23.2. The number of carbonyl (C=O) groups excluding carboxylic acids is 4. The molecular weight excluding hydrogens is 656 g/mol. The van der Waals surface area contributed by atoms with Crippen LogP contribution >= 0.6 is 0 Å². The van der Waals surface area contributed by atoms with Crippen LogP contribution in [0, 0.1) is 11.8 Å². The van der Waals surface area contributed by atoms with E-state index in [1.807, 2.05) is 18.7 Å². The molecule has 15 heteroatoms. The fourth-order valence-electron chi connectivity index (χ4n) is 5.99. The number of esters is 1. The number of hydrogen-bond donors (Lipinski definition) is 3. The second kappa shape index (κ2) is 18.4. The van der Waals surface area contributed by atoms with Crippen molar-refractivity contribution in [2.75, 3.05) is 45.1 Å². The zero-order valence-electron chi connectivity index (χ0n) is 28.9. The van der Waals surface area contributed by atoms with Crippen LogP contribution in [0.5, 0.6) is 0 Å². The number of aliphatic hydroxyl groups is 2. The molecule has 272 valence electrons. The summed E-state index contributed by atoms with van der Waals surface area (Å²) in [5, 5.41) is 22.0. The fourth-order valence-corrected chi connectivity index (χ4v) is 7.92. The number of nitrogens with one attached hydrogen (secondary N) is 1. The number of hydrogen-bond acceptors (Lipinski definition) is 12. The molecule has 0 aliphatic carbocycles. The lowest BCUT2D eigenvalue weighted by atomic mass is 9.93. The van der Waals surface area contributed by atoms with Crippen molar-refractivity contribution in [3.05, 3.63) is 53.8 Å². The monoisotopic (exact) mass is 706 g/mol. The molecule has 3 N–H and O–H groups in total. The standard InChI is InChI=1S/C34H50N4O10S/c1-6-37(7-2)15-16-49(45,46)28-12-14-38-31(28)34(44)48-32(22(3)4)24(20-39)10-11-29(42)35-13-8-9-23(5)17-25(40)18-26(41)19-30-36-27(21-47-30)33(38)43/h8-11,17,21-22,24-25,28,31-32,39-40H,6-7,12-16,18-20H2,1-5H3,(H,35,42)/b9-8+,11-10+,23-17+/t24-,25+,28+,31+,32+/m0/s1. The van der Waals surface area contributed by atoms with E-state index in [4.69, 9.17) is 9.15 Å². The van der Waals surface area contributed by atoms with E-state index in [1.165, 1.54) is 18.2 Å². The summed E-state index contributed by atoms with van der Waals surface area (Å²) in [7, 11) is -3.93. The number of aromatic nitrogens is 1. The van der Waals surface area contributed by atoms with Gasteiger partial charge >= 0.3 is 5.97 Å². The number of sulfone groups is 1. The van der Waals surface area contributed by atoms with Gasteiger partial charge in [0.05, 0.1) is 30.1 Å². The third kappa shape index (κ3) is 11.2. The molecule has 2 bridgehead atoms. The largest absolute Gasteiger partial charge is 0.460 e. The first-order valence-corrected chi connectivity index (χ1v) is 18.4. The number of ether oxygens (including phenoxy) is 1. The first-order valence-electron chi connectivity index (χ1n) is 16.7. The molecule has 5 atom stereocenters. The molecule has 14 nitrogen and oxygen atoms in total. The van der Waals surface area contributed by atoms with E-state index in [0.717, 1.165) is 11.2 Å². The fraction of sp³-hybridized carbons (Fsp3) is 0.618. The summed E-state index contributed by atoms with van der Waals surface area (Å²) in [5.74, 6) is -4.10. The van der Waals surface area contributed by atoms with Crippen LogP contribution in [0.15, 0.2) is 46.6 Å². The van der Waals surface area contributed by atoms with Gasteiger partial charge in [0.2, 0.25) is 11.8 Å². The first kappa shape index (κ1) is 39.8. The summed E-state index contributed by atoms with van der Waals surface area (Å²) in [6.45, 7) is 10.2. The molecular formula is C34H50N4O10S. The molecule has 2 amide bonds. The maximum absolute atomic E-state index is 14.0. The third-order valence-corrected chi connectivity index (χ3v) is 10.9. The molecule has 1 aromatic rings. The van der Waals surface area contributed by atoms with Gasteiger partial charge in [-0.25, -0.2) is 18.2 Å². The van der Waals surface area contributed by atoms with E-state index in [9.17, 15) is 37.8 Å². The second-order valence-electron chi connectivity index (χ2n) is 12.7. The number of aliphatic hydroxyl groups excluding tert-OH is 2. The summed E-state index contributed by atoms with van der Waals surface area (Å²) >= 11 is 0. The van der Waals surface area contributed by atoms with Gasteiger partial charge in [0.1, 0.15) is 24.2 Å². The molecule has 1 aromatic heterocycles. The lowest BCUT2D eigenvalue weighted by Crippen LogP contribution is -2.51. The Morgan fingerprint density at radius 3 is 2.51 bits per heavy atom. The summed E-state index contributed by atoms with van der Waals surface area (Å²) in [6.07, 6.45) is 5.88. The highest BCUT2D eigenvalue weighted by atomic mass is 32.2. The van der Waals surface area contributed by atoms with Crippen molar-refractivity contribution in [1.29, 1.82) is 0 Å². The molecule has 0 radical (unpaired) electrons. The highest BCUT2D eigenvalue weighted by Crippen LogP contribution is 2.30. The Labute approximate surface area is 288 Å². The van der Waals surface area contributed by atoms with E-state index in [2.05, 4.69) is 10.3 Å². The number of ketones is 1. The number of allylic oxidation sites excluding steroid dienone is 2. The number of fused-ring (bicyclic) bond motifs is 3. The predicted molar refractivity (Wildman–Crippen MR) is 181 cm³/mol. The van der Waals surface area contributed by atoms with E-state index < -0.39 is 69.4 Å². The normalized spacial score (nSPS) is 27.7. The van der Waals surface area contributed by atoms with Crippen molar-refractivity contribution in [2.45, 2.75) is 77.4 Å². The van der Waals surface area contributed by atoms with Crippen molar-refractivity contribution < 1.29 is 47.0 Å². The molecule has 0 unspecified atom stereocenters. The van der Waals surface area contributed by atoms with Crippen LogP contribution in [0.2, 0.25) is 0 Å². The lowest BCUT2D eigenvalue weighted by molar-refractivity contribution is -0.158. The van der Waals surface area contributed by atoms with Gasteiger partial charge in [-0.3, -0.25) is 14.4 Å². The van der Waals surface area contributed by atoms with Gasteiger partial charge in [-0.15, -0.1) is 0 Å². The smallest absolute Gasteiger partial charge is 0.330 e. The van der Waals surface area contributed by atoms with Crippen molar-refractivity contribution >= 4 is 33.4 Å². The SMILES string of the molecule is CCN(CC)CCS(=O)(=O)[C@@H]1CCN2C(=O)c3coc(n3)CC(=O)C[C@H](O)/C=C(C)/C=C/CNC(=O)/C=C/[C@@H](CO)[C@@H](C(C)C)OC(=O)[C@@H]12. The molecule has 3 heterocycles. The second-order valence-corrected chi connectivity index (χ2v) is 15.0. The van der Waals surface area contributed by atoms with Gasteiger partial charge in [0, 0.05) is 32.0 Å². The molecule has 1 saturated heterocycles. The minimum absolute atomic E-state index is 0.0234. The van der Waals surface area contributed by atoms with Crippen LogP contribution < -0.4 is 5.32 Å². The molecule has 3 rings (SSSR count). The minimum atomic E-state index is -3.93. The molecule has 0 saturated carbocycles. The Bertz CT molecular complexity index is 1510. The van der Waals surface area contributed by atoms with Gasteiger partial charge in [-0.2, -0.15) is 0 Å². The molecule has 0 aromatic carbocycles. The van der Waals surface area contributed by atoms with Gasteiger partial charge in [-0.1, -0.05) is 57.6 Å². The molecule has 2 aliphatic heterocycles. The van der Waals surface area contributed by atoms with E-state index in [0.29, 0.717) is 18.7 Å². The Kier molecular flexibility index (Phi) is 14.9. The highest BCUT2D eigenvalue weighted by Gasteiger charge is 2.50. The zero-order valence-corrected chi connectivity index (χ0v) is 29.7. The third-order valence-electron chi connectivity index (χ3n) is 8.72. The number of rotatable bonds is 8. The number of carbonyl (C=O) groups is 4. The van der Waals surface area contributed by atoms with Gasteiger partial charge < -0.3 is 34.5 Å². The van der Waals surface area contributed by atoms with Crippen molar-refractivity contribution in [3.63, 3.8) is 0 Å². The van der Waals surface area contributed by atoms with Crippen LogP contribution in [-0.4, -0.2) is 126 Å². The maximum Gasteiger partial charge on any atom is 0.330 e. The summed E-state index contributed by atoms with van der Waals surface area (Å²) in [4.78, 5) is 60.3. The van der Waals surface area contributed by atoms with Gasteiger partial charge in [0.25, 0.3) is 5.91 Å². The Morgan fingerprint density at radius 1 is 1.14 bits per heavy atom. The number of cyclic esters (lactones) is 1. The van der Waals surface area contributed by atoms with Crippen LogP contribution in [0.4, 0.5) is 0 Å². The topological polar surface area (TPSA) is 197 Å². The summed E-state index contributed by atoms with van der Waals surface area (Å²) in [6, 6.07) is -1.53. The molecule has 2 aliphatic rings. The van der Waals surface area contributed by atoms with E-state index >= 15 is 0 Å². The predicted octanol–water partition coefficient (Wildman–Crippen LogP) is 1.24. The van der Waals surface area contributed by atoms with E-state index in [-0.39, 0.29) is 62.2 Å². The quantitative estimate of drug-likeness (QED) is 0.328. The minimum Gasteiger partial charge on any atom is -0.460 e. The maximum atomic E-state index is 14.0. The number of nitrogens with zero attached hydrogens (tertiary/aromatic N) is 3. The van der Waals surface area contributed by atoms with Crippen LogP contribution in [0.1, 0.15) is 63.8 Å². The Balaban J connectivity index is 2.03.